The van der Waals surface area contributed by atoms with E-state index >= 15 is 0 Å². The van der Waals surface area contributed by atoms with Gasteiger partial charge in [-0.15, -0.1) is 0 Å². The normalized spacial score (nSPS) is 11.5. The smallest absolute Gasteiger partial charge is 0.287 e. The molecule has 0 aliphatic carbocycles. The summed E-state index contributed by atoms with van der Waals surface area (Å²) in [5.41, 5.74) is 3.47. The van der Waals surface area contributed by atoms with E-state index in [1.807, 2.05) is 69.3 Å². The van der Waals surface area contributed by atoms with E-state index in [4.69, 9.17) is 0 Å². The first kappa shape index (κ1) is 19.0. The highest BCUT2D eigenvalue weighted by atomic mass is 16.1. The van der Waals surface area contributed by atoms with Crippen molar-refractivity contribution in [2.75, 3.05) is 0 Å². The summed E-state index contributed by atoms with van der Waals surface area (Å²) < 4.78 is 1.23. The molecular weight excluding hydrogens is 390 g/mol. The molecule has 0 spiro atoms. The average Bonchev–Trinajstić information content (AvgIpc) is 3.06. The summed E-state index contributed by atoms with van der Waals surface area (Å²) >= 11 is 0. The van der Waals surface area contributed by atoms with Gasteiger partial charge in [0.2, 0.25) is 0 Å². The van der Waals surface area contributed by atoms with Crippen LogP contribution in [-0.2, 0) is 6.42 Å². The molecule has 154 valence electrons. The van der Waals surface area contributed by atoms with Crippen LogP contribution in [0.4, 0.5) is 0 Å². The molecule has 0 unspecified atom stereocenters. The van der Waals surface area contributed by atoms with Gasteiger partial charge >= 0.3 is 0 Å². The molecule has 5 aromatic rings. The van der Waals surface area contributed by atoms with E-state index < -0.39 is 5.56 Å². The molecule has 31 heavy (non-hydrogen) atoms. The van der Waals surface area contributed by atoms with Crippen molar-refractivity contribution in [2.24, 2.45) is 0 Å². The summed E-state index contributed by atoms with van der Waals surface area (Å²) in [6.45, 7) is 5.52. The second-order valence-electron chi connectivity index (χ2n) is 7.83. The Kier molecular flexibility index (Phi) is 4.32. The number of rotatable bonds is 3. The molecule has 7 nitrogen and oxygen atoms in total. The molecule has 0 saturated carbocycles. The number of aromatic nitrogens is 5. The molecule has 0 saturated heterocycles. The third-order valence-corrected chi connectivity index (χ3v) is 5.57. The number of pyridine rings is 1. The van der Waals surface area contributed by atoms with E-state index in [0.29, 0.717) is 17.6 Å². The fourth-order valence-electron chi connectivity index (χ4n) is 4.12. The third-order valence-electron chi connectivity index (χ3n) is 5.57. The minimum atomic E-state index is -0.458. The molecule has 0 amide bonds. The van der Waals surface area contributed by atoms with Gasteiger partial charge in [0.25, 0.3) is 11.5 Å². The van der Waals surface area contributed by atoms with E-state index in [1.54, 1.807) is 0 Å². The van der Waals surface area contributed by atoms with Crippen LogP contribution in [0.2, 0.25) is 0 Å². The number of H-pyrrole nitrogens is 2. The second kappa shape index (κ2) is 7.05. The number of hydrogen-bond acceptors (Lipinski definition) is 4. The van der Waals surface area contributed by atoms with E-state index in [0.717, 1.165) is 33.4 Å². The van der Waals surface area contributed by atoms with Crippen molar-refractivity contribution in [1.29, 1.82) is 0 Å². The Hall–Kier alpha value is -4.00. The Bertz CT molecular complexity index is 1560. The maximum atomic E-state index is 13.4. The van der Waals surface area contributed by atoms with Gasteiger partial charge in [0.15, 0.2) is 5.43 Å². The Morgan fingerprint density at radius 1 is 0.935 bits per heavy atom. The topological polar surface area (TPSA) is 96.4 Å². The van der Waals surface area contributed by atoms with Crippen molar-refractivity contribution < 1.29 is 0 Å². The summed E-state index contributed by atoms with van der Waals surface area (Å²) in [4.78, 5) is 38.4. The number of hydrogen-bond donors (Lipinski definition) is 2. The SMILES string of the molecule is Cc1cc(C)nc(-n2[nH]c3[nH]c(C)c(Cc4cccc5ccccc45)c(=O)c3c2=O)n1. The van der Waals surface area contributed by atoms with E-state index in [2.05, 4.69) is 20.1 Å². The molecule has 5 rings (SSSR count). The van der Waals surface area contributed by atoms with E-state index in [-0.39, 0.29) is 16.8 Å². The van der Waals surface area contributed by atoms with Gasteiger partial charge in [-0.2, -0.15) is 4.68 Å². The average molecular weight is 411 g/mol. The molecule has 7 heteroatoms. The van der Waals surface area contributed by atoms with Gasteiger partial charge in [0, 0.05) is 29.1 Å². The maximum absolute atomic E-state index is 13.4. The molecule has 0 bridgehead atoms. The predicted octanol–water partition coefficient (Wildman–Crippen LogP) is 3.47. The van der Waals surface area contributed by atoms with Crippen LogP contribution in [0.1, 0.15) is 28.2 Å². The molecule has 0 atom stereocenters. The number of benzene rings is 2. The Morgan fingerprint density at radius 3 is 2.42 bits per heavy atom. The molecular formula is C24H21N5O2. The third kappa shape index (κ3) is 3.15. The fraction of sp³-hybridized carbons (Fsp3) is 0.167. The van der Waals surface area contributed by atoms with Crippen LogP contribution in [0.25, 0.3) is 27.8 Å². The van der Waals surface area contributed by atoms with Crippen LogP contribution in [0.3, 0.4) is 0 Å². The first-order valence-corrected chi connectivity index (χ1v) is 10.1. The summed E-state index contributed by atoms with van der Waals surface area (Å²) in [5.74, 6) is 0.222. The molecule has 2 N–H and O–H groups in total. The Labute approximate surface area is 177 Å². The van der Waals surface area contributed by atoms with Gasteiger partial charge in [0.05, 0.1) is 0 Å². The first-order chi connectivity index (χ1) is 14.9. The van der Waals surface area contributed by atoms with Crippen molar-refractivity contribution in [3.8, 4) is 5.95 Å². The van der Waals surface area contributed by atoms with E-state index in [9.17, 15) is 9.59 Å². The summed E-state index contributed by atoms with van der Waals surface area (Å²) in [6.07, 6.45) is 0.434. The molecule has 3 heterocycles. The predicted molar refractivity (Wildman–Crippen MR) is 121 cm³/mol. The van der Waals surface area contributed by atoms with Crippen LogP contribution in [0.5, 0.6) is 0 Å². The summed E-state index contributed by atoms with van der Waals surface area (Å²) in [7, 11) is 0. The van der Waals surface area contributed by atoms with Crippen LogP contribution < -0.4 is 11.0 Å². The summed E-state index contributed by atoms with van der Waals surface area (Å²) in [6, 6.07) is 16.0. The van der Waals surface area contributed by atoms with Crippen molar-refractivity contribution in [1.82, 2.24) is 24.7 Å². The van der Waals surface area contributed by atoms with Crippen molar-refractivity contribution in [3.05, 3.63) is 97.3 Å². The van der Waals surface area contributed by atoms with Crippen LogP contribution >= 0.6 is 0 Å². The number of fused-ring (bicyclic) bond motifs is 2. The van der Waals surface area contributed by atoms with Gasteiger partial charge in [-0.1, -0.05) is 42.5 Å². The second-order valence-corrected chi connectivity index (χ2v) is 7.83. The maximum Gasteiger partial charge on any atom is 0.287 e. The standard InChI is InChI=1S/C24H21N5O2/c1-13-11-14(2)26-24(25-13)29-23(31)20-21(30)19(15(3)27-22(20)28-29)12-17-9-6-8-16-7-4-5-10-18(16)17/h4-11H,12H2,1-3H3,(H2,27,28,30). The Morgan fingerprint density at radius 2 is 1.65 bits per heavy atom. The minimum absolute atomic E-state index is 0.0867. The van der Waals surface area contributed by atoms with Gasteiger partial charge in [-0.3, -0.25) is 14.7 Å². The quantitative estimate of drug-likeness (QED) is 0.475. The minimum Gasteiger partial charge on any atom is -0.343 e. The highest BCUT2D eigenvalue weighted by molar-refractivity contribution is 5.86. The number of nitrogens with one attached hydrogen (secondary N) is 2. The van der Waals surface area contributed by atoms with Crippen molar-refractivity contribution >= 4 is 21.8 Å². The monoisotopic (exact) mass is 411 g/mol. The molecule has 0 radical (unpaired) electrons. The van der Waals surface area contributed by atoms with Gasteiger partial charge < -0.3 is 4.98 Å². The lowest BCUT2D eigenvalue weighted by Gasteiger charge is -2.09. The zero-order valence-electron chi connectivity index (χ0n) is 17.5. The first-order valence-electron chi connectivity index (χ1n) is 10.1. The van der Waals surface area contributed by atoms with Gasteiger partial charge in [-0.05, 0) is 43.2 Å². The van der Waals surface area contributed by atoms with Crippen LogP contribution in [-0.4, -0.2) is 24.7 Å². The number of nitrogens with zero attached hydrogens (tertiary/aromatic N) is 3. The van der Waals surface area contributed by atoms with Crippen LogP contribution in [0.15, 0.2) is 58.1 Å². The van der Waals surface area contributed by atoms with Gasteiger partial charge in [-0.25, -0.2) is 9.97 Å². The van der Waals surface area contributed by atoms with Crippen molar-refractivity contribution in [3.63, 3.8) is 0 Å². The highest BCUT2D eigenvalue weighted by Crippen LogP contribution is 2.21. The molecule has 3 aromatic heterocycles. The van der Waals surface area contributed by atoms with Crippen LogP contribution in [0, 0.1) is 20.8 Å². The van der Waals surface area contributed by atoms with E-state index in [1.165, 1.54) is 4.68 Å². The van der Waals surface area contributed by atoms with Crippen molar-refractivity contribution in [2.45, 2.75) is 27.2 Å². The highest BCUT2D eigenvalue weighted by Gasteiger charge is 2.19. The fourth-order valence-corrected chi connectivity index (χ4v) is 4.12. The molecule has 2 aromatic carbocycles. The zero-order valence-corrected chi connectivity index (χ0v) is 17.5. The number of aromatic amines is 2. The molecule has 0 aliphatic rings. The number of aryl methyl sites for hydroxylation is 3. The lowest BCUT2D eigenvalue weighted by Crippen LogP contribution is -2.22. The summed E-state index contributed by atoms with van der Waals surface area (Å²) in [5, 5.41) is 5.26. The Balaban J connectivity index is 1.70. The molecule has 0 aliphatic heterocycles. The lowest BCUT2D eigenvalue weighted by atomic mass is 9.97. The molecule has 0 fully saturated rings. The van der Waals surface area contributed by atoms with Gasteiger partial charge in [0.1, 0.15) is 11.0 Å². The largest absolute Gasteiger partial charge is 0.343 e. The zero-order chi connectivity index (χ0) is 21.7. The lowest BCUT2D eigenvalue weighted by molar-refractivity contribution is 0.777.